The topological polar surface area (TPSA) is 50.2 Å². The van der Waals surface area contributed by atoms with Crippen LogP contribution >= 0.6 is 11.6 Å². The fraction of sp³-hybridized carbons (Fsp3) is 0.524. The maximum Gasteiger partial charge on any atom is 0.256 e. The monoisotopic (exact) mass is 388 g/mol. The molecule has 0 spiro atoms. The van der Waals surface area contributed by atoms with Gasteiger partial charge in [0.15, 0.2) is 0 Å². The largest absolute Gasteiger partial charge is 0.352 e. The molecule has 2 unspecified atom stereocenters. The van der Waals surface area contributed by atoms with Gasteiger partial charge in [-0.3, -0.25) is 4.79 Å². The molecular formula is C21H29ClN4O. The van der Waals surface area contributed by atoms with Gasteiger partial charge in [0, 0.05) is 19.6 Å². The number of para-hydroxylation sites is 1. The molecule has 2 atom stereocenters. The van der Waals surface area contributed by atoms with Crippen molar-refractivity contribution in [1.29, 1.82) is 0 Å². The summed E-state index contributed by atoms with van der Waals surface area (Å²) in [5, 5.41) is 7.80. The molecule has 146 valence electrons. The zero-order valence-corrected chi connectivity index (χ0v) is 17.2. The van der Waals surface area contributed by atoms with Crippen molar-refractivity contribution < 1.29 is 4.79 Å². The van der Waals surface area contributed by atoms with Gasteiger partial charge in [-0.1, -0.05) is 43.6 Å². The lowest BCUT2D eigenvalue weighted by atomic mass is 9.92. The summed E-state index contributed by atoms with van der Waals surface area (Å²) in [6.45, 7) is 10.4. The fourth-order valence-corrected chi connectivity index (χ4v) is 4.42. The second-order valence-electron chi connectivity index (χ2n) is 7.81. The van der Waals surface area contributed by atoms with Gasteiger partial charge < -0.3 is 10.2 Å². The van der Waals surface area contributed by atoms with Crippen molar-refractivity contribution in [3.63, 3.8) is 0 Å². The van der Waals surface area contributed by atoms with E-state index >= 15 is 0 Å². The number of hydrogen-bond donors (Lipinski definition) is 1. The average Bonchev–Trinajstić information content (AvgIpc) is 2.93. The predicted octanol–water partition coefficient (Wildman–Crippen LogP) is 3.93. The zero-order valence-electron chi connectivity index (χ0n) is 16.4. The van der Waals surface area contributed by atoms with E-state index in [1.54, 1.807) is 4.68 Å². The lowest BCUT2D eigenvalue weighted by Gasteiger charge is -2.34. The Morgan fingerprint density at radius 1 is 1.22 bits per heavy atom. The van der Waals surface area contributed by atoms with Gasteiger partial charge in [0.1, 0.15) is 5.15 Å². The number of rotatable bonds is 6. The van der Waals surface area contributed by atoms with E-state index in [0.717, 1.165) is 43.6 Å². The Balaban J connectivity index is 1.55. The molecular weight excluding hydrogens is 360 g/mol. The number of piperidine rings is 1. The number of carbonyl (C=O) groups excluding carboxylic acids is 1. The van der Waals surface area contributed by atoms with E-state index in [0.29, 0.717) is 23.0 Å². The highest BCUT2D eigenvalue weighted by molar-refractivity contribution is 6.33. The van der Waals surface area contributed by atoms with E-state index in [1.807, 2.05) is 37.3 Å². The molecule has 5 nitrogen and oxygen atoms in total. The number of hydrogen-bond acceptors (Lipinski definition) is 3. The normalized spacial score (nSPS) is 20.6. The molecule has 1 aliphatic rings. The molecule has 6 heteroatoms. The van der Waals surface area contributed by atoms with Crippen LogP contribution in [-0.4, -0.2) is 46.8 Å². The molecule has 27 heavy (non-hydrogen) atoms. The number of aromatic nitrogens is 2. The number of nitrogens with zero attached hydrogens (tertiary/aromatic N) is 3. The third kappa shape index (κ3) is 4.90. The molecule has 1 aromatic heterocycles. The van der Waals surface area contributed by atoms with E-state index in [4.69, 9.17) is 11.6 Å². The number of likely N-dealkylation sites (tertiary alicyclic amines) is 1. The molecule has 0 saturated carbocycles. The van der Waals surface area contributed by atoms with Crippen LogP contribution in [0.3, 0.4) is 0 Å². The fourth-order valence-electron chi connectivity index (χ4n) is 4.06. The Kier molecular flexibility index (Phi) is 6.55. The highest BCUT2D eigenvalue weighted by Crippen LogP contribution is 2.23. The van der Waals surface area contributed by atoms with E-state index < -0.39 is 0 Å². The average molecular weight is 389 g/mol. The van der Waals surface area contributed by atoms with Crippen LogP contribution in [0.4, 0.5) is 0 Å². The minimum Gasteiger partial charge on any atom is -0.352 e. The smallest absolute Gasteiger partial charge is 0.256 e. The van der Waals surface area contributed by atoms with Crippen molar-refractivity contribution in [3.05, 3.63) is 46.7 Å². The number of halogens is 1. The number of amides is 1. The van der Waals surface area contributed by atoms with Gasteiger partial charge in [0.25, 0.3) is 5.91 Å². The van der Waals surface area contributed by atoms with Gasteiger partial charge in [-0.2, -0.15) is 5.10 Å². The number of carbonyl (C=O) groups is 1. The van der Waals surface area contributed by atoms with Crippen molar-refractivity contribution in [3.8, 4) is 5.69 Å². The van der Waals surface area contributed by atoms with Crippen molar-refractivity contribution in [2.24, 2.45) is 11.8 Å². The van der Waals surface area contributed by atoms with Gasteiger partial charge >= 0.3 is 0 Å². The number of aryl methyl sites for hydroxylation is 1. The van der Waals surface area contributed by atoms with Crippen molar-refractivity contribution in [2.75, 3.05) is 26.2 Å². The maximum atomic E-state index is 12.6. The summed E-state index contributed by atoms with van der Waals surface area (Å²) in [7, 11) is 0. The second-order valence-corrected chi connectivity index (χ2v) is 8.17. The van der Waals surface area contributed by atoms with E-state index in [-0.39, 0.29) is 5.91 Å². The Morgan fingerprint density at radius 2 is 1.89 bits per heavy atom. The standard InChI is InChI=1S/C21H29ClN4O/c1-15-12-16(2)14-25(13-15)11-7-10-23-21(27)19-17(3)24-26(20(19)22)18-8-5-4-6-9-18/h4-6,8-9,15-16H,7,10-14H2,1-3H3,(H,23,27). The molecule has 0 aliphatic carbocycles. The Morgan fingerprint density at radius 3 is 2.56 bits per heavy atom. The molecule has 0 bridgehead atoms. The van der Waals surface area contributed by atoms with Crippen LogP contribution in [0, 0.1) is 18.8 Å². The predicted molar refractivity (Wildman–Crippen MR) is 110 cm³/mol. The van der Waals surface area contributed by atoms with Crippen LogP contribution in [0.2, 0.25) is 5.15 Å². The van der Waals surface area contributed by atoms with Crippen LogP contribution in [0.5, 0.6) is 0 Å². The summed E-state index contributed by atoms with van der Waals surface area (Å²) in [4.78, 5) is 15.1. The molecule has 1 N–H and O–H groups in total. The lowest BCUT2D eigenvalue weighted by Crippen LogP contribution is -2.40. The highest BCUT2D eigenvalue weighted by atomic mass is 35.5. The van der Waals surface area contributed by atoms with Crippen molar-refractivity contribution >= 4 is 17.5 Å². The third-order valence-corrected chi connectivity index (χ3v) is 5.46. The molecule has 1 fully saturated rings. The third-order valence-electron chi connectivity index (χ3n) is 5.11. The molecule has 1 saturated heterocycles. The molecule has 2 aromatic rings. The van der Waals surface area contributed by atoms with Crippen molar-refractivity contribution in [1.82, 2.24) is 20.0 Å². The van der Waals surface area contributed by atoms with E-state index in [9.17, 15) is 4.79 Å². The number of nitrogens with one attached hydrogen (secondary N) is 1. The second kappa shape index (κ2) is 8.89. The summed E-state index contributed by atoms with van der Waals surface area (Å²) < 4.78 is 1.61. The van der Waals surface area contributed by atoms with Crippen molar-refractivity contribution in [2.45, 2.75) is 33.6 Å². The summed E-state index contributed by atoms with van der Waals surface area (Å²) in [6.07, 6.45) is 2.26. The summed E-state index contributed by atoms with van der Waals surface area (Å²) in [6, 6.07) is 9.61. The van der Waals surface area contributed by atoms with Crippen LogP contribution in [0.25, 0.3) is 5.69 Å². The Labute approximate surface area is 166 Å². The first-order valence-corrected chi connectivity index (χ1v) is 10.1. The summed E-state index contributed by atoms with van der Waals surface area (Å²) in [5.41, 5.74) is 1.94. The quantitative estimate of drug-likeness (QED) is 0.763. The lowest BCUT2D eigenvalue weighted by molar-refractivity contribution is 0.0947. The van der Waals surface area contributed by atoms with Gasteiger partial charge in [-0.25, -0.2) is 4.68 Å². The van der Waals surface area contributed by atoms with E-state index in [1.165, 1.54) is 6.42 Å². The summed E-state index contributed by atoms with van der Waals surface area (Å²) in [5.74, 6) is 1.36. The van der Waals surface area contributed by atoms with Gasteiger partial charge in [-0.15, -0.1) is 0 Å². The van der Waals surface area contributed by atoms with Crippen LogP contribution in [0.15, 0.2) is 30.3 Å². The molecule has 2 heterocycles. The molecule has 1 amide bonds. The first-order valence-electron chi connectivity index (χ1n) is 9.76. The first kappa shape index (κ1) is 19.9. The minimum atomic E-state index is -0.153. The molecule has 3 rings (SSSR count). The Bertz CT molecular complexity index is 764. The molecule has 1 aromatic carbocycles. The highest BCUT2D eigenvalue weighted by Gasteiger charge is 2.22. The first-order chi connectivity index (χ1) is 13.0. The van der Waals surface area contributed by atoms with Gasteiger partial charge in [0.2, 0.25) is 0 Å². The van der Waals surface area contributed by atoms with Crippen LogP contribution in [-0.2, 0) is 0 Å². The summed E-state index contributed by atoms with van der Waals surface area (Å²) >= 11 is 6.46. The van der Waals surface area contributed by atoms with Crippen LogP contribution in [0.1, 0.15) is 42.7 Å². The minimum absolute atomic E-state index is 0.153. The molecule has 0 radical (unpaired) electrons. The SMILES string of the molecule is Cc1nn(-c2ccccc2)c(Cl)c1C(=O)NCCCN1CC(C)CC(C)C1. The zero-order chi connectivity index (χ0) is 19.4. The van der Waals surface area contributed by atoms with Gasteiger partial charge in [-0.05, 0) is 50.3 Å². The van der Waals surface area contributed by atoms with E-state index in [2.05, 4.69) is 29.2 Å². The van der Waals surface area contributed by atoms with Crippen LogP contribution < -0.4 is 5.32 Å². The number of benzene rings is 1. The Hall–Kier alpha value is -1.85. The van der Waals surface area contributed by atoms with Gasteiger partial charge in [0.05, 0.1) is 16.9 Å². The maximum absolute atomic E-state index is 12.6. The molecule has 1 aliphatic heterocycles.